The number of carbonyl (C=O) groups is 3. The monoisotopic (exact) mass is 563 g/mol. The van der Waals surface area contributed by atoms with Crippen molar-refractivity contribution in [3.8, 4) is 11.4 Å². The molecule has 1 aliphatic heterocycles. The van der Waals surface area contributed by atoms with Crippen molar-refractivity contribution >= 4 is 57.2 Å². The molecule has 1 fully saturated rings. The number of amides is 2. The van der Waals surface area contributed by atoms with E-state index in [2.05, 4.69) is 21.6 Å². The highest BCUT2D eigenvalue weighted by atomic mass is 32.2. The number of carbonyl (C=O) groups excluding carboxylic acids is 3. The van der Waals surface area contributed by atoms with E-state index in [1.54, 1.807) is 32.1 Å². The zero-order valence-electron chi connectivity index (χ0n) is 21.0. The molecule has 3 N–H and O–H groups in total. The van der Waals surface area contributed by atoms with E-state index in [4.69, 9.17) is 15.2 Å². The predicted octanol–water partition coefficient (Wildman–Crippen LogP) is 4.26. The number of ether oxygens (including phenoxy) is 2. The summed E-state index contributed by atoms with van der Waals surface area (Å²) in [7, 11) is 0. The molecule has 0 saturated carbocycles. The summed E-state index contributed by atoms with van der Waals surface area (Å²) in [6.07, 6.45) is 1.68. The van der Waals surface area contributed by atoms with Crippen LogP contribution in [0.15, 0.2) is 16.6 Å². The number of primary amides is 1. The van der Waals surface area contributed by atoms with Crippen LogP contribution < -0.4 is 11.1 Å². The predicted molar refractivity (Wildman–Crippen MR) is 145 cm³/mol. The first-order chi connectivity index (χ1) is 17.6. The number of aryl methyl sites for hydroxylation is 1. The second-order valence-corrected chi connectivity index (χ2v) is 12.0. The molecular formula is C24H29N5O5S3. The largest absolute Gasteiger partial charge is 0.459 e. The van der Waals surface area contributed by atoms with Crippen molar-refractivity contribution in [2.75, 3.05) is 17.7 Å². The minimum atomic E-state index is -0.672. The Morgan fingerprint density at radius 2 is 2.11 bits per heavy atom. The van der Waals surface area contributed by atoms with E-state index in [1.807, 2.05) is 16.9 Å². The van der Waals surface area contributed by atoms with Gasteiger partial charge in [0.1, 0.15) is 5.00 Å². The van der Waals surface area contributed by atoms with Crippen molar-refractivity contribution in [1.29, 1.82) is 0 Å². The third-order valence-electron chi connectivity index (χ3n) is 5.62. The number of nitrogens with two attached hydrogens (primary N) is 1. The number of rotatable bonds is 10. The molecule has 2 amide bonds. The Balaban J connectivity index is 1.52. The average Bonchev–Trinajstić information content (AvgIpc) is 3.60. The summed E-state index contributed by atoms with van der Waals surface area (Å²) in [5, 5.41) is 14.4. The van der Waals surface area contributed by atoms with Crippen LogP contribution in [-0.2, 0) is 20.8 Å². The summed E-state index contributed by atoms with van der Waals surface area (Å²) >= 11 is 3.85. The molecule has 4 rings (SSSR count). The van der Waals surface area contributed by atoms with Crippen LogP contribution in [0.3, 0.4) is 0 Å². The Labute approximate surface area is 226 Å². The lowest BCUT2D eigenvalue weighted by Gasteiger charge is -2.14. The third-order valence-corrected chi connectivity index (χ3v) is 8.67. The number of aromatic nitrogens is 3. The lowest BCUT2D eigenvalue weighted by Crippen LogP contribution is -2.19. The minimum absolute atomic E-state index is 0.0217. The first-order valence-corrected chi connectivity index (χ1v) is 14.5. The van der Waals surface area contributed by atoms with Gasteiger partial charge in [0.15, 0.2) is 11.0 Å². The average molecular weight is 564 g/mol. The molecule has 37 heavy (non-hydrogen) atoms. The fourth-order valence-corrected chi connectivity index (χ4v) is 6.47. The molecule has 1 saturated heterocycles. The van der Waals surface area contributed by atoms with Gasteiger partial charge < -0.3 is 20.5 Å². The molecule has 1 atom stereocenters. The molecular weight excluding hydrogens is 534 g/mol. The summed E-state index contributed by atoms with van der Waals surface area (Å²) in [6.45, 7) is 8.43. The number of esters is 1. The molecule has 1 aliphatic rings. The van der Waals surface area contributed by atoms with E-state index >= 15 is 0 Å². The Morgan fingerprint density at radius 3 is 2.73 bits per heavy atom. The van der Waals surface area contributed by atoms with Crippen molar-refractivity contribution in [2.24, 2.45) is 5.73 Å². The molecule has 0 spiro atoms. The molecule has 4 heterocycles. The number of nitrogens with zero attached hydrogens (tertiary/aromatic N) is 3. The Bertz CT molecular complexity index is 1310. The number of thioether (sulfide) groups is 1. The number of anilines is 1. The molecule has 0 bridgehead atoms. The van der Waals surface area contributed by atoms with E-state index in [1.165, 1.54) is 16.6 Å². The summed E-state index contributed by atoms with van der Waals surface area (Å²) < 4.78 is 13.2. The first-order valence-electron chi connectivity index (χ1n) is 11.8. The van der Waals surface area contributed by atoms with Gasteiger partial charge in [-0.25, -0.2) is 4.79 Å². The topological polar surface area (TPSA) is 138 Å². The molecule has 3 aromatic heterocycles. The quantitative estimate of drug-likeness (QED) is 0.276. The van der Waals surface area contributed by atoms with Gasteiger partial charge in [-0.15, -0.1) is 32.9 Å². The van der Waals surface area contributed by atoms with Gasteiger partial charge in [-0.05, 0) is 52.2 Å². The van der Waals surface area contributed by atoms with Gasteiger partial charge in [-0.1, -0.05) is 11.8 Å². The van der Waals surface area contributed by atoms with Crippen LogP contribution in [0.25, 0.3) is 11.4 Å². The third kappa shape index (κ3) is 6.40. The van der Waals surface area contributed by atoms with Crippen molar-refractivity contribution in [3.63, 3.8) is 0 Å². The van der Waals surface area contributed by atoms with Gasteiger partial charge in [0.2, 0.25) is 5.91 Å². The molecule has 0 aliphatic carbocycles. The van der Waals surface area contributed by atoms with Crippen LogP contribution in [0.4, 0.5) is 5.00 Å². The summed E-state index contributed by atoms with van der Waals surface area (Å²) in [4.78, 5) is 38.9. The van der Waals surface area contributed by atoms with Crippen LogP contribution in [0.5, 0.6) is 0 Å². The maximum Gasteiger partial charge on any atom is 0.341 e. The second kappa shape index (κ2) is 11.8. The first kappa shape index (κ1) is 27.3. The molecule has 1 unspecified atom stereocenters. The number of nitrogens with one attached hydrogen (secondary N) is 1. The van der Waals surface area contributed by atoms with Gasteiger partial charge in [0.05, 0.1) is 34.9 Å². The van der Waals surface area contributed by atoms with Crippen LogP contribution in [-0.4, -0.2) is 57.1 Å². The normalized spacial score (nSPS) is 15.3. The summed E-state index contributed by atoms with van der Waals surface area (Å²) in [5.74, 6) is -0.893. The zero-order chi connectivity index (χ0) is 26.7. The van der Waals surface area contributed by atoms with Gasteiger partial charge in [-0.2, -0.15) is 0 Å². The fourth-order valence-electron chi connectivity index (χ4n) is 3.97. The van der Waals surface area contributed by atoms with Gasteiger partial charge >= 0.3 is 5.97 Å². The van der Waals surface area contributed by atoms with Crippen molar-refractivity contribution in [2.45, 2.75) is 64.4 Å². The van der Waals surface area contributed by atoms with Gasteiger partial charge in [-0.3, -0.25) is 14.2 Å². The Morgan fingerprint density at radius 1 is 1.32 bits per heavy atom. The highest BCUT2D eigenvalue weighted by Gasteiger charge is 2.27. The van der Waals surface area contributed by atoms with E-state index < -0.39 is 11.9 Å². The maximum atomic E-state index is 12.9. The van der Waals surface area contributed by atoms with Gasteiger partial charge in [0, 0.05) is 22.4 Å². The highest BCUT2D eigenvalue weighted by Crippen LogP contribution is 2.34. The van der Waals surface area contributed by atoms with Crippen LogP contribution >= 0.6 is 34.4 Å². The number of hydrogen-bond donors (Lipinski definition) is 2. The van der Waals surface area contributed by atoms with Crippen LogP contribution in [0.1, 0.15) is 57.2 Å². The lowest BCUT2D eigenvalue weighted by molar-refractivity contribution is -0.113. The van der Waals surface area contributed by atoms with Crippen molar-refractivity contribution in [1.82, 2.24) is 14.8 Å². The Kier molecular flexibility index (Phi) is 8.67. The molecule has 198 valence electrons. The van der Waals surface area contributed by atoms with Crippen LogP contribution in [0.2, 0.25) is 0 Å². The van der Waals surface area contributed by atoms with Crippen LogP contribution in [0, 0.1) is 13.8 Å². The van der Waals surface area contributed by atoms with E-state index in [-0.39, 0.29) is 39.3 Å². The zero-order valence-corrected chi connectivity index (χ0v) is 23.5. The molecule has 3 aromatic rings. The fraction of sp³-hybridized carbons (Fsp3) is 0.458. The highest BCUT2D eigenvalue weighted by molar-refractivity contribution is 7.99. The van der Waals surface area contributed by atoms with Crippen molar-refractivity contribution < 1.29 is 23.9 Å². The van der Waals surface area contributed by atoms with Crippen molar-refractivity contribution in [3.05, 3.63) is 32.3 Å². The smallest absolute Gasteiger partial charge is 0.341 e. The van der Waals surface area contributed by atoms with E-state index in [9.17, 15) is 14.4 Å². The maximum absolute atomic E-state index is 12.9. The van der Waals surface area contributed by atoms with E-state index in [0.717, 1.165) is 42.2 Å². The standard InChI is InChI=1S/C24H29N5O5S3/c1-12(2)34-23(32)18-14(4)19(20(25)31)37-22(18)26-17(30)11-36-24-28-27-21(15-8-13(3)35-10-15)29(24)9-16-6-5-7-33-16/h8,10,12,16H,5-7,9,11H2,1-4H3,(H2,25,31)(H,26,30). The second-order valence-electron chi connectivity index (χ2n) is 8.91. The SMILES string of the molecule is Cc1cc(-c2nnc(SCC(=O)Nc3sc(C(N)=O)c(C)c3C(=O)OC(C)C)n2CC2CCCO2)cs1. The van der Waals surface area contributed by atoms with Gasteiger partial charge in [0.25, 0.3) is 5.91 Å². The summed E-state index contributed by atoms with van der Waals surface area (Å²) in [5.41, 5.74) is 6.98. The Hall–Kier alpha value is -2.74. The summed E-state index contributed by atoms with van der Waals surface area (Å²) in [6, 6.07) is 2.06. The molecule has 0 radical (unpaired) electrons. The molecule has 10 nitrogen and oxygen atoms in total. The molecule has 0 aromatic carbocycles. The van der Waals surface area contributed by atoms with E-state index in [0.29, 0.717) is 17.3 Å². The number of thiophene rings is 2. The molecule has 13 heteroatoms. The number of hydrogen-bond acceptors (Lipinski definition) is 10. The lowest BCUT2D eigenvalue weighted by atomic mass is 10.1. The minimum Gasteiger partial charge on any atom is -0.459 e.